The smallest absolute Gasteiger partial charge is 0.357 e. The molecule has 0 spiro atoms. The molecule has 0 atom stereocenters. The van der Waals surface area contributed by atoms with E-state index in [0.29, 0.717) is 0 Å². The molecular weight excluding hydrogens is 316 g/mol. The van der Waals surface area contributed by atoms with Crippen LogP contribution >= 0.6 is 0 Å². The molecule has 0 amide bonds. The first-order chi connectivity index (χ1) is 10.9. The molecule has 0 N–H and O–H groups in total. The summed E-state index contributed by atoms with van der Waals surface area (Å²) in [6.07, 6.45) is 6.35. The summed E-state index contributed by atoms with van der Waals surface area (Å²) in [7, 11) is -1.24. The number of hydrogen-bond donors (Lipinski definition) is 0. The second-order valence-electron chi connectivity index (χ2n) is 4.59. The number of carbonyl (C=O) groups excluding carboxylic acids is 1. The molecule has 0 aromatic heterocycles. The Labute approximate surface area is 137 Å². The third-order valence-corrected chi connectivity index (χ3v) is 3.96. The Balaban J connectivity index is 2.98. The fourth-order valence-electron chi connectivity index (χ4n) is 1.42. The Morgan fingerprint density at radius 2 is 1.87 bits per heavy atom. The van der Waals surface area contributed by atoms with Crippen LogP contribution in [0.4, 0.5) is 0 Å². The topological polar surface area (TPSA) is 76.0 Å². The summed E-state index contributed by atoms with van der Waals surface area (Å²) in [5.74, 6) is -0.790. The van der Waals surface area contributed by atoms with E-state index < -0.39 is 16.2 Å². The number of allylic oxidation sites excluding steroid dienone is 2. The maximum Gasteiger partial charge on any atom is 0.357 e. The number of hydrogen-bond acceptors (Lipinski definition) is 4. The average molecular weight is 336 g/mol. The van der Waals surface area contributed by atoms with Gasteiger partial charge in [-0.25, -0.2) is 4.79 Å². The average Bonchev–Trinajstić information content (AvgIpc) is 2.51. The number of rotatable bonds is 7. The monoisotopic (exact) mass is 336 g/mol. The maximum absolute atomic E-state index is 11.8. The number of benzene rings is 1. The highest BCUT2D eigenvalue weighted by Gasteiger charge is 2.17. The minimum absolute atomic E-state index is 0.132. The summed E-state index contributed by atoms with van der Waals surface area (Å²) in [5.41, 5.74) is 0.700. The highest BCUT2D eigenvalue weighted by Crippen LogP contribution is 2.03. The SMILES string of the molecule is CCOC(=O)C(/C=C/C=C/c1ccccc1)=N\S(=O)(=O)N(C)C. The van der Waals surface area contributed by atoms with E-state index in [1.165, 1.54) is 26.2 Å². The van der Waals surface area contributed by atoms with Crippen LogP contribution in [0.5, 0.6) is 0 Å². The van der Waals surface area contributed by atoms with Crippen molar-refractivity contribution in [2.45, 2.75) is 6.92 Å². The van der Waals surface area contributed by atoms with E-state index in [9.17, 15) is 13.2 Å². The molecule has 1 rings (SSSR count). The second-order valence-corrected chi connectivity index (χ2v) is 6.39. The Hall–Kier alpha value is -2.25. The molecule has 124 valence electrons. The largest absolute Gasteiger partial charge is 0.461 e. The molecule has 0 saturated carbocycles. The van der Waals surface area contributed by atoms with E-state index in [0.717, 1.165) is 9.87 Å². The minimum Gasteiger partial charge on any atom is -0.461 e. The van der Waals surface area contributed by atoms with Crippen LogP contribution in [0.3, 0.4) is 0 Å². The van der Waals surface area contributed by atoms with Gasteiger partial charge in [-0.2, -0.15) is 12.7 Å². The van der Waals surface area contributed by atoms with Gasteiger partial charge in [-0.15, -0.1) is 4.40 Å². The summed E-state index contributed by atoms with van der Waals surface area (Å²) in [5, 5.41) is 0. The summed E-state index contributed by atoms with van der Waals surface area (Å²) < 4.78 is 32.8. The lowest BCUT2D eigenvalue weighted by molar-refractivity contribution is -0.134. The summed E-state index contributed by atoms with van der Waals surface area (Å²) in [6.45, 7) is 1.77. The summed E-state index contributed by atoms with van der Waals surface area (Å²) in [4.78, 5) is 11.8. The van der Waals surface area contributed by atoms with E-state index in [-0.39, 0.29) is 12.3 Å². The molecule has 0 unspecified atom stereocenters. The lowest BCUT2D eigenvalue weighted by Crippen LogP contribution is -2.24. The molecule has 1 aromatic rings. The van der Waals surface area contributed by atoms with Gasteiger partial charge >= 0.3 is 16.2 Å². The fraction of sp³-hybridized carbons (Fsp3) is 0.250. The van der Waals surface area contributed by atoms with E-state index in [4.69, 9.17) is 4.74 Å². The quantitative estimate of drug-likeness (QED) is 0.434. The van der Waals surface area contributed by atoms with Gasteiger partial charge < -0.3 is 4.74 Å². The van der Waals surface area contributed by atoms with Gasteiger partial charge in [0, 0.05) is 14.1 Å². The van der Waals surface area contributed by atoms with Crippen molar-refractivity contribution in [1.82, 2.24) is 4.31 Å². The van der Waals surface area contributed by atoms with Crippen molar-refractivity contribution in [3.8, 4) is 0 Å². The van der Waals surface area contributed by atoms with Crippen LogP contribution in [0.1, 0.15) is 12.5 Å². The lowest BCUT2D eigenvalue weighted by atomic mass is 10.2. The standard InChI is InChI=1S/C16H20N2O4S/c1-4-22-16(19)15(17-23(20,21)18(2)3)13-9-8-12-14-10-6-5-7-11-14/h5-13H,4H2,1-3H3/b12-8+,13-9+,17-15-. The van der Waals surface area contributed by atoms with Crippen LogP contribution in [0.2, 0.25) is 0 Å². The van der Waals surface area contributed by atoms with Gasteiger partial charge in [-0.3, -0.25) is 0 Å². The van der Waals surface area contributed by atoms with Crippen LogP contribution in [-0.2, 0) is 19.7 Å². The Morgan fingerprint density at radius 1 is 1.22 bits per heavy atom. The second kappa shape index (κ2) is 9.02. The van der Waals surface area contributed by atoms with Gasteiger partial charge in [0.1, 0.15) is 0 Å². The van der Waals surface area contributed by atoms with E-state index in [2.05, 4.69) is 4.40 Å². The molecule has 1 aromatic carbocycles. The molecule has 0 saturated heterocycles. The van der Waals surface area contributed by atoms with Gasteiger partial charge in [0.05, 0.1) is 6.61 Å². The van der Waals surface area contributed by atoms with E-state index in [1.54, 1.807) is 13.0 Å². The van der Waals surface area contributed by atoms with Gasteiger partial charge in [0.25, 0.3) is 0 Å². The molecule has 23 heavy (non-hydrogen) atoms. The molecule has 0 aliphatic rings. The third-order valence-electron chi connectivity index (χ3n) is 2.61. The van der Waals surface area contributed by atoms with Crippen LogP contribution in [0.15, 0.2) is 53.0 Å². The molecule has 7 heteroatoms. The molecular formula is C16H20N2O4S. The summed E-state index contributed by atoms with van der Waals surface area (Å²) >= 11 is 0. The van der Waals surface area contributed by atoms with Crippen molar-refractivity contribution in [2.75, 3.05) is 20.7 Å². The lowest BCUT2D eigenvalue weighted by Gasteiger charge is -2.07. The molecule has 0 radical (unpaired) electrons. The van der Waals surface area contributed by atoms with Crippen molar-refractivity contribution in [3.63, 3.8) is 0 Å². The molecule has 0 heterocycles. The zero-order valence-electron chi connectivity index (χ0n) is 13.3. The highest BCUT2D eigenvalue weighted by atomic mass is 32.2. The van der Waals surface area contributed by atoms with Crippen molar-refractivity contribution in [2.24, 2.45) is 4.40 Å². The fourth-order valence-corrected chi connectivity index (χ4v) is 1.97. The van der Waals surface area contributed by atoms with Crippen molar-refractivity contribution in [3.05, 3.63) is 54.1 Å². The first-order valence-electron chi connectivity index (χ1n) is 6.96. The third kappa shape index (κ3) is 6.58. The van der Waals surface area contributed by atoms with Crippen molar-refractivity contribution in [1.29, 1.82) is 0 Å². The van der Waals surface area contributed by atoms with Gasteiger partial charge in [0.15, 0.2) is 5.71 Å². The van der Waals surface area contributed by atoms with E-state index in [1.807, 2.05) is 36.4 Å². The zero-order valence-corrected chi connectivity index (χ0v) is 14.2. The molecule has 0 fully saturated rings. The Bertz CT molecular complexity index is 705. The van der Waals surface area contributed by atoms with Gasteiger partial charge in [0.2, 0.25) is 0 Å². The summed E-state index contributed by atoms with van der Waals surface area (Å²) in [6, 6.07) is 9.55. The molecule has 6 nitrogen and oxygen atoms in total. The number of esters is 1. The first-order valence-corrected chi connectivity index (χ1v) is 8.36. The predicted octanol–water partition coefficient (Wildman–Crippen LogP) is 2.07. The maximum atomic E-state index is 11.8. The van der Waals surface area contributed by atoms with E-state index >= 15 is 0 Å². The molecule has 0 aliphatic heterocycles. The van der Waals surface area contributed by atoms with Crippen LogP contribution in [0.25, 0.3) is 6.08 Å². The Kier molecular flexibility index (Phi) is 7.37. The van der Waals surface area contributed by atoms with Gasteiger partial charge in [-0.1, -0.05) is 48.6 Å². The van der Waals surface area contributed by atoms with Crippen LogP contribution in [-0.4, -0.2) is 45.1 Å². The number of ether oxygens (including phenoxy) is 1. The molecule has 0 aliphatic carbocycles. The zero-order chi connectivity index (χ0) is 17.3. The van der Waals surface area contributed by atoms with Crippen LogP contribution < -0.4 is 0 Å². The normalized spacial score (nSPS) is 13.1. The van der Waals surface area contributed by atoms with Crippen molar-refractivity contribution < 1.29 is 17.9 Å². The van der Waals surface area contributed by atoms with Gasteiger partial charge in [-0.05, 0) is 18.6 Å². The number of nitrogens with zero attached hydrogens (tertiary/aromatic N) is 2. The predicted molar refractivity (Wildman–Crippen MR) is 91.3 cm³/mol. The number of carbonyl (C=O) groups is 1. The molecule has 0 bridgehead atoms. The Morgan fingerprint density at radius 3 is 2.43 bits per heavy atom. The van der Waals surface area contributed by atoms with Crippen molar-refractivity contribution >= 4 is 28.0 Å². The first kappa shape index (κ1) is 18.8. The highest BCUT2D eigenvalue weighted by molar-refractivity contribution is 7.88. The minimum atomic E-state index is -3.90. The van der Waals surface area contributed by atoms with Crippen LogP contribution in [0, 0.1) is 0 Å².